The Morgan fingerprint density at radius 3 is 2.46 bits per heavy atom. The van der Waals surface area contributed by atoms with Gasteiger partial charge in [-0.05, 0) is 53.9 Å². The summed E-state index contributed by atoms with van der Waals surface area (Å²) in [7, 11) is -1.77. The van der Waals surface area contributed by atoms with Crippen LogP contribution in [0.5, 0.6) is 17.2 Å². The molecular weight excluding hydrogens is 400 g/mol. The highest BCUT2D eigenvalue weighted by atomic mass is 35.5. The smallest absolute Gasteiger partial charge is 0.230 e. The molecule has 0 aliphatic heterocycles. The molecule has 6 nitrogen and oxygen atoms in total. The Balaban J connectivity index is 1.79. The van der Waals surface area contributed by atoms with Gasteiger partial charge in [-0.2, -0.15) is 0 Å². The second-order valence-electron chi connectivity index (χ2n) is 6.15. The van der Waals surface area contributed by atoms with Crippen molar-refractivity contribution in [3.05, 3.63) is 76.9 Å². The maximum Gasteiger partial charge on any atom is 0.230 e. The summed E-state index contributed by atoms with van der Waals surface area (Å²) < 4.78 is 36.2. The van der Waals surface area contributed by atoms with Crippen LogP contribution in [0, 0.1) is 0 Å². The van der Waals surface area contributed by atoms with Gasteiger partial charge in [-0.1, -0.05) is 29.8 Å². The molecule has 1 aromatic heterocycles. The molecule has 0 radical (unpaired) electrons. The quantitative estimate of drug-likeness (QED) is 0.611. The maximum atomic E-state index is 11.3. The van der Waals surface area contributed by atoms with E-state index in [1.165, 1.54) is 0 Å². The SMILES string of the molecule is COc1ccc(Cc2ccc(NS(C)(=O)=O)nc2)cc1Oc1cccc(Cl)c1. The number of nitrogens with zero attached hydrogens (tertiary/aromatic N) is 1. The van der Waals surface area contributed by atoms with Crippen LogP contribution in [-0.4, -0.2) is 26.8 Å². The van der Waals surface area contributed by atoms with E-state index in [0.717, 1.165) is 17.4 Å². The zero-order valence-corrected chi connectivity index (χ0v) is 16.9. The van der Waals surface area contributed by atoms with Crippen LogP contribution in [0.3, 0.4) is 0 Å². The van der Waals surface area contributed by atoms with Gasteiger partial charge in [0, 0.05) is 11.2 Å². The first-order valence-corrected chi connectivity index (χ1v) is 10.6. The summed E-state index contributed by atoms with van der Waals surface area (Å²) in [6.07, 6.45) is 3.32. The Kier molecular flexibility index (Phi) is 6.06. The van der Waals surface area contributed by atoms with E-state index in [-0.39, 0.29) is 5.82 Å². The van der Waals surface area contributed by atoms with Crippen molar-refractivity contribution in [2.75, 3.05) is 18.1 Å². The lowest BCUT2D eigenvalue weighted by atomic mass is 10.1. The third-order valence-electron chi connectivity index (χ3n) is 3.77. The van der Waals surface area contributed by atoms with Crippen molar-refractivity contribution >= 4 is 27.4 Å². The van der Waals surface area contributed by atoms with Crippen LogP contribution in [0.25, 0.3) is 0 Å². The lowest BCUT2D eigenvalue weighted by Gasteiger charge is -2.12. The number of benzene rings is 2. The molecule has 2 aromatic carbocycles. The molecular formula is C20H19ClN2O4S. The number of hydrogen-bond donors (Lipinski definition) is 1. The lowest BCUT2D eigenvalue weighted by molar-refractivity contribution is 0.378. The number of aromatic nitrogens is 1. The minimum absolute atomic E-state index is 0.283. The monoisotopic (exact) mass is 418 g/mol. The zero-order chi connectivity index (χ0) is 20.1. The molecule has 0 atom stereocenters. The van der Waals surface area contributed by atoms with Crippen LogP contribution in [0.4, 0.5) is 5.82 Å². The molecule has 0 saturated carbocycles. The topological polar surface area (TPSA) is 77.5 Å². The molecule has 146 valence electrons. The van der Waals surface area contributed by atoms with Crippen molar-refractivity contribution in [1.82, 2.24) is 4.98 Å². The van der Waals surface area contributed by atoms with Gasteiger partial charge < -0.3 is 9.47 Å². The molecule has 0 bridgehead atoms. The number of pyridine rings is 1. The Labute approximate surface area is 169 Å². The fraction of sp³-hybridized carbons (Fsp3) is 0.150. The molecule has 1 heterocycles. The van der Waals surface area contributed by atoms with E-state index >= 15 is 0 Å². The van der Waals surface area contributed by atoms with Crippen molar-refractivity contribution in [3.63, 3.8) is 0 Å². The van der Waals surface area contributed by atoms with E-state index in [1.807, 2.05) is 36.4 Å². The predicted octanol–water partition coefficient (Wildman–Crippen LogP) is 4.50. The Hall–Kier alpha value is -2.77. The first kappa shape index (κ1) is 20.0. The summed E-state index contributed by atoms with van der Waals surface area (Å²) in [6, 6.07) is 16.2. The van der Waals surface area contributed by atoms with Crippen LogP contribution in [0.15, 0.2) is 60.8 Å². The largest absolute Gasteiger partial charge is 0.493 e. The zero-order valence-electron chi connectivity index (χ0n) is 15.3. The number of ether oxygens (including phenoxy) is 2. The molecule has 8 heteroatoms. The minimum atomic E-state index is -3.35. The van der Waals surface area contributed by atoms with Gasteiger partial charge in [0.25, 0.3) is 0 Å². The number of halogens is 1. The molecule has 1 N–H and O–H groups in total. The molecule has 3 rings (SSSR count). The third kappa shape index (κ3) is 5.61. The lowest BCUT2D eigenvalue weighted by Crippen LogP contribution is -2.10. The second kappa shape index (κ2) is 8.50. The number of hydrogen-bond acceptors (Lipinski definition) is 5. The van der Waals surface area contributed by atoms with Crippen LogP contribution in [0.1, 0.15) is 11.1 Å². The normalized spacial score (nSPS) is 11.1. The highest BCUT2D eigenvalue weighted by molar-refractivity contribution is 7.92. The molecule has 3 aromatic rings. The van der Waals surface area contributed by atoms with E-state index in [9.17, 15) is 8.42 Å². The molecule has 28 heavy (non-hydrogen) atoms. The molecule has 0 saturated heterocycles. The summed E-state index contributed by atoms with van der Waals surface area (Å²) in [5.41, 5.74) is 1.92. The number of methoxy groups -OCH3 is 1. The van der Waals surface area contributed by atoms with E-state index in [0.29, 0.717) is 28.7 Å². The number of anilines is 1. The van der Waals surface area contributed by atoms with E-state index < -0.39 is 10.0 Å². The number of rotatable bonds is 7. The Morgan fingerprint density at radius 1 is 1.04 bits per heavy atom. The standard InChI is InChI=1S/C20H19ClN2O4S/c1-26-18-8-6-14(11-19(18)27-17-5-3-4-16(21)12-17)10-15-7-9-20(22-13-15)23-28(2,24)25/h3-9,11-13H,10H2,1-2H3,(H,22,23). The van der Waals surface area contributed by atoms with Gasteiger partial charge in [0.15, 0.2) is 11.5 Å². The summed E-state index contributed by atoms with van der Waals surface area (Å²) in [6.45, 7) is 0. The van der Waals surface area contributed by atoms with Crippen LogP contribution >= 0.6 is 11.6 Å². The predicted molar refractivity (Wildman–Crippen MR) is 110 cm³/mol. The Morgan fingerprint density at radius 2 is 1.82 bits per heavy atom. The average molecular weight is 419 g/mol. The van der Waals surface area contributed by atoms with Crippen LogP contribution < -0.4 is 14.2 Å². The van der Waals surface area contributed by atoms with Gasteiger partial charge in [0.05, 0.1) is 13.4 Å². The summed E-state index contributed by atoms with van der Waals surface area (Å²) in [5.74, 6) is 2.08. The summed E-state index contributed by atoms with van der Waals surface area (Å²) >= 11 is 6.02. The number of sulfonamides is 1. The summed E-state index contributed by atoms with van der Waals surface area (Å²) in [5, 5.41) is 0.585. The fourth-order valence-corrected chi connectivity index (χ4v) is 3.26. The maximum absolute atomic E-state index is 11.3. The van der Waals surface area contributed by atoms with Crippen LogP contribution in [0.2, 0.25) is 5.02 Å². The van der Waals surface area contributed by atoms with Crippen molar-refractivity contribution < 1.29 is 17.9 Å². The van der Waals surface area contributed by atoms with Crippen molar-refractivity contribution in [2.24, 2.45) is 0 Å². The molecule has 0 unspecified atom stereocenters. The van der Waals surface area contributed by atoms with Gasteiger partial charge >= 0.3 is 0 Å². The van der Waals surface area contributed by atoms with Crippen molar-refractivity contribution in [2.45, 2.75) is 6.42 Å². The van der Waals surface area contributed by atoms with E-state index in [1.54, 1.807) is 31.5 Å². The van der Waals surface area contributed by atoms with E-state index in [4.69, 9.17) is 21.1 Å². The van der Waals surface area contributed by atoms with Gasteiger partial charge in [-0.25, -0.2) is 13.4 Å². The molecule has 0 spiro atoms. The highest BCUT2D eigenvalue weighted by Gasteiger charge is 2.09. The highest BCUT2D eigenvalue weighted by Crippen LogP contribution is 2.33. The van der Waals surface area contributed by atoms with E-state index in [2.05, 4.69) is 9.71 Å². The van der Waals surface area contributed by atoms with Crippen molar-refractivity contribution in [3.8, 4) is 17.2 Å². The molecule has 0 amide bonds. The average Bonchev–Trinajstić information content (AvgIpc) is 2.62. The third-order valence-corrected chi connectivity index (χ3v) is 4.59. The van der Waals surface area contributed by atoms with Crippen LogP contribution in [-0.2, 0) is 16.4 Å². The van der Waals surface area contributed by atoms with Crippen molar-refractivity contribution in [1.29, 1.82) is 0 Å². The van der Waals surface area contributed by atoms with Gasteiger partial charge in [-0.3, -0.25) is 4.72 Å². The van der Waals surface area contributed by atoms with Gasteiger partial charge in [0.1, 0.15) is 11.6 Å². The Bertz CT molecular complexity index is 1070. The van der Waals surface area contributed by atoms with Gasteiger partial charge in [-0.15, -0.1) is 0 Å². The first-order chi connectivity index (χ1) is 13.3. The second-order valence-corrected chi connectivity index (χ2v) is 8.33. The summed E-state index contributed by atoms with van der Waals surface area (Å²) in [4.78, 5) is 4.13. The first-order valence-electron chi connectivity index (χ1n) is 8.35. The molecule has 0 fully saturated rings. The minimum Gasteiger partial charge on any atom is -0.493 e. The fourth-order valence-electron chi connectivity index (χ4n) is 2.58. The number of nitrogens with one attached hydrogen (secondary N) is 1. The molecule has 0 aliphatic carbocycles. The van der Waals surface area contributed by atoms with Gasteiger partial charge in [0.2, 0.25) is 10.0 Å². The molecule has 0 aliphatic rings.